The van der Waals surface area contributed by atoms with Gasteiger partial charge in [0.25, 0.3) is 5.91 Å². The zero-order valence-corrected chi connectivity index (χ0v) is 21.7. The molecule has 0 atom stereocenters. The third-order valence-corrected chi connectivity index (χ3v) is 6.97. The first-order chi connectivity index (χ1) is 15.0. The molecule has 3 aromatic rings. The number of carbonyl (C=O) groups is 1. The van der Waals surface area contributed by atoms with E-state index >= 15 is 0 Å². The first kappa shape index (κ1) is 22.3. The van der Waals surface area contributed by atoms with Crippen molar-refractivity contribution >= 4 is 79.8 Å². The standard InChI is InChI=1S/C24H18I2N2O2S/c1-15-7-9-18(10-8-15)27-24-28-23(29)21(31-24)13-17-11-19(25)22(20(26)12-17)30-14-16-5-3-2-4-6-16/h2-13H,14H2,1H3,(H,27,28,29)/b21-13-. The SMILES string of the molecule is Cc1ccc(N=C2NC(=O)/C(=C/c3cc(I)c(OCc4ccccc4)c(I)c3)S2)cc1. The molecule has 0 radical (unpaired) electrons. The van der Waals surface area contributed by atoms with E-state index in [1.807, 2.05) is 79.7 Å². The van der Waals surface area contributed by atoms with E-state index in [1.165, 1.54) is 17.3 Å². The molecule has 0 spiro atoms. The van der Waals surface area contributed by atoms with Crippen molar-refractivity contribution in [2.75, 3.05) is 0 Å². The number of aryl methyl sites for hydroxylation is 1. The lowest BCUT2D eigenvalue weighted by Gasteiger charge is -2.11. The van der Waals surface area contributed by atoms with Crippen LogP contribution in [0.5, 0.6) is 5.75 Å². The van der Waals surface area contributed by atoms with Crippen LogP contribution in [0.2, 0.25) is 0 Å². The van der Waals surface area contributed by atoms with Gasteiger partial charge in [0.05, 0.1) is 17.7 Å². The van der Waals surface area contributed by atoms with Gasteiger partial charge in [0.2, 0.25) is 0 Å². The Morgan fingerprint density at radius 3 is 2.39 bits per heavy atom. The number of halogens is 2. The number of ether oxygens (including phenoxy) is 1. The molecule has 1 heterocycles. The van der Waals surface area contributed by atoms with Gasteiger partial charge in [-0.25, -0.2) is 4.99 Å². The second-order valence-electron chi connectivity index (χ2n) is 6.91. The zero-order valence-electron chi connectivity index (χ0n) is 16.6. The first-order valence-electron chi connectivity index (χ1n) is 9.50. The van der Waals surface area contributed by atoms with Crippen molar-refractivity contribution in [2.24, 2.45) is 4.99 Å². The Bertz CT molecular complexity index is 1150. The average Bonchev–Trinajstić information content (AvgIpc) is 3.08. The molecule has 0 saturated carbocycles. The highest BCUT2D eigenvalue weighted by Gasteiger charge is 2.24. The molecule has 1 aliphatic rings. The number of nitrogens with one attached hydrogen (secondary N) is 1. The Kier molecular flexibility index (Phi) is 7.34. The predicted octanol–water partition coefficient (Wildman–Crippen LogP) is 6.67. The van der Waals surface area contributed by atoms with E-state index in [0.717, 1.165) is 29.7 Å². The molecule has 3 aromatic carbocycles. The van der Waals surface area contributed by atoms with Gasteiger partial charge in [0.15, 0.2) is 5.17 Å². The number of carbonyl (C=O) groups excluding carboxylic acids is 1. The molecule has 4 rings (SSSR count). The predicted molar refractivity (Wildman–Crippen MR) is 145 cm³/mol. The zero-order chi connectivity index (χ0) is 21.8. The van der Waals surface area contributed by atoms with Crippen LogP contribution in [0, 0.1) is 14.1 Å². The third-order valence-electron chi connectivity index (χ3n) is 4.46. The summed E-state index contributed by atoms with van der Waals surface area (Å²) in [6, 6.07) is 22.0. The second-order valence-corrected chi connectivity index (χ2v) is 10.3. The molecule has 1 aliphatic heterocycles. The topological polar surface area (TPSA) is 50.7 Å². The Balaban J connectivity index is 1.50. The van der Waals surface area contributed by atoms with Crippen molar-refractivity contribution in [1.29, 1.82) is 0 Å². The molecule has 1 N–H and O–H groups in total. The molecular weight excluding hydrogens is 634 g/mol. The molecular formula is C24H18I2N2O2S. The Morgan fingerprint density at radius 2 is 1.71 bits per heavy atom. The van der Waals surface area contributed by atoms with Crippen LogP contribution in [0.3, 0.4) is 0 Å². The van der Waals surface area contributed by atoms with Crippen LogP contribution < -0.4 is 10.1 Å². The average molecular weight is 652 g/mol. The van der Waals surface area contributed by atoms with Crippen LogP contribution in [-0.2, 0) is 11.4 Å². The van der Waals surface area contributed by atoms with Crippen LogP contribution in [0.4, 0.5) is 5.69 Å². The largest absolute Gasteiger partial charge is 0.487 e. The summed E-state index contributed by atoms with van der Waals surface area (Å²) in [5.41, 5.74) is 4.07. The number of amides is 1. The van der Waals surface area contributed by atoms with Crippen molar-refractivity contribution in [1.82, 2.24) is 5.32 Å². The summed E-state index contributed by atoms with van der Waals surface area (Å²) in [5, 5.41) is 3.43. The maximum absolute atomic E-state index is 12.4. The van der Waals surface area contributed by atoms with Crippen LogP contribution >= 0.6 is 56.9 Å². The number of hydrogen-bond donors (Lipinski definition) is 1. The Morgan fingerprint density at radius 1 is 1.03 bits per heavy atom. The molecule has 0 aromatic heterocycles. The van der Waals surface area contributed by atoms with E-state index in [2.05, 4.69) is 55.5 Å². The number of rotatable bonds is 5. The number of aliphatic imine (C=N–C) groups is 1. The highest BCUT2D eigenvalue weighted by Crippen LogP contribution is 2.33. The van der Waals surface area contributed by atoms with Gasteiger partial charge in [-0.3, -0.25) is 4.79 Å². The molecule has 1 amide bonds. The molecule has 31 heavy (non-hydrogen) atoms. The minimum Gasteiger partial charge on any atom is -0.487 e. The fourth-order valence-corrected chi connectivity index (χ4v) is 5.87. The molecule has 156 valence electrons. The highest BCUT2D eigenvalue weighted by molar-refractivity contribution is 14.1. The number of benzene rings is 3. The van der Waals surface area contributed by atoms with E-state index in [-0.39, 0.29) is 5.91 Å². The molecule has 7 heteroatoms. The number of nitrogens with zero attached hydrogens (tertiary/aromatic N) is 1. The van der Waals surface area contributed by atoms with Crippen molar-refractivity contribution in [3.8, 4) is 5.75 Å². The lowest BCUT2D eigenvalue weighted by Crippen LogP contribution is -2.19. The van der Waals surface area contributed by atoms with Crippen molar-refractivity contribution in [2.45, 2.75) is 13.5 Å². The van der Waals surface area contributed by atoms with Crippen LogP contribution in [-0.4, -0.2) is 11.1 Å². The van der Waals surface area contributed by atoms with Gasteiger partial charge in [0, 0.05) is 0 Å². The summed E-state index contributed by atoms with van der Waals surface area (Å²) < 4.78 is 8.06. The fourth-order valence-electron chi connectivity index (χ4n) is 2.90. The summed E-state index contributed by atoms with van der Waals surface area (Å²) in [7, 11) is 0. The van der Waals surface area contributed by atoms with Gasteiger partial charge < -0.3 is 10.1 Å². The summed E-state index contributed by atoms with van der Waals surface area (Å²) in [5.74, 6) is 0.725. The molecule has 4 nitrogen and oxygen atoms in total. The maximum atomic E-state index is 12.4. The summed E-state index contributed by atoms with van der Waals surface area (Å²) >= 11 is 5.91. The Labute approximate surface area is 212 Å². The normalized spacial score (nSPS) is 16.0. The van der Waals surface area contributed by atoms with Gasteiger partial charge in [0.1, 0.15) is 12.4 Å². The maximum Gasteiger partial charge on any atom is 0.264 e. The van der Waals surface area contributed by atoms with Crippen LogP contribution in [0.25, 0.3) is 6.08 Å². The van der Waals surface area contributed by atoms with Crippen molar-refractivity contribution < 1.29 is 9.53 Å². The van der Waals surface area contributed by atoms with E-state index in [0.29, 0.717) is 16.7 Å². The van der Waals surface area contributed by atoms with Crippen molar-refractivity contribution in [3.63, 3.8) is 0 Å². The highest BCUT2D eigenvalue weighted by atomic mass is 127. The van der Waals surface area contributed by atoms with Gasteiger partial charge in [-0.05, 0) is 105 Å². The first-order valence-corrected chi connectivity index (χ1v) is 12.5. The van der Waals surface area contributed by atoms with Crippen LogP contribution in [0.1, 0.15) is 16.7 Å². The number of hydrogen-bond acceptors (Lipinski definition) is 4. The minimum atomic E-state index is -0.134. The second kappa shape index (κ2) is 10.2. The minimum absolute atomic E-state index is 0.134. The Hall–Kier alpha value is -1.85. The lowest BCUT2D eigenvalue weighted by molar-refractivity contribution is -0.115. The number of thioether (sulfide) groups is 1. The van der Waals surface area contributed by atoms with Gasteiger partial charge in [-0.1, -0.05) is 48.0 Å². The fraction of sp³-hybridized carbons (Fsp3) is 0.0833. The molecule has 0 aliphatic carbocycles. The van der Waals surface area contributed by atoms with Crippen LogP contribution in [0.15, 0.2) is 76.6 Å². The summed E-state index contributed by atoms with van der Waals surface area (Å²) in [6.45, 7) is 2.55. The number of amidine groups is 1. The lowest BCUT2D eigenvalue weighted by atomic mass is 10.2. The third kappa shape index (κ3) is 5.89. The molecule has 0 bridgehead atoms. The summed E-state index contributed by atoms with van der Waals surface area (Å²) in [4.78, 5) is 17.6. The molecule has 0 unspecified atom stereocenters. The van der Waals surface area contributed by atoms with E-state index in [4.69, 9.17) is 4.74 Å². The quantitative estimate of drug-likeness (QED) is 0.248. The van der Waals surface area contributed by atoms with E-state index in [1.54, 1.807) is 0 Å². The summed E-state index contributed by atoms with van der Waals surface area (Å²) in [6.07, 6.45) is 1.89. The van der Waals surface area contributed by atoms with E-state index < -0.39 is 0 Å². The van der Waals surface area contributed by atoms with Gasteiger partial charge in [-0.15, -0.1) is 0 Å². The monoisotopic (exact) mass is 652 g/mol. The molecule has 1 fully saturated rings. The van der Waals surface area contributed by atoms with E-state index in [9.17, 15) is 4.79 Å². The molecule has 1 saturated heterocycles. The van der Waals surface area contributed by atoms with Crippen molar-refractivity contribution in [3.05, 3.63) is 95.5 Å². The van der Waals surface area contributed by atoms with Gasteiger partial charge in [-0.2, -0.15) is 0 Å². The van der Waals surface area contributed by atoms with Gasteiger partial charge >= 0.3 is 0 Å². The smallest absolute Gasteiger partial charge is 0.264 e.